The number of nitrogens with zero attached hydrogens (tertiary/aromatic N) is 5. The fourth-order valence-electron chi connectivity index (χ4n) is 7.36. The first-order valence-electron chi connectivity index (χ1n) is 19.2. The van der Waals surface area contributed by atoms with E-state index >= 15 is 0 Å². The predicted molar refractivity (Wildman–Crippen MR) is 229 cm³/mol. The summed E-state index contributed by atoms with van der Waals surface area (Å²) in [6.07, 6.45) is 3.86. The summed E-state index contributed by atoms with van der Waals surface area (Å²) in [5.74, 6) is 1.79. The molecule has 57 heavy (non-hydrogen) atoms. The summed E-state index contributed by atoms with van der Waals surface area (Å²) in [6.45, 7) is 16.1. The van der Waals surface area contributed by atoms with Crippen LogP contribution in [0.2, 0.25) is 0 Å². The number of hydrogen-bond acceptors (Lipinski definition) is 5. The van der Waals surface area contributed by atoms with E-state index in [1.54, 1.807) is 0 Å². The van der Waals surface area contributed by atoms with Crippen LogP contribution >= 0.6 is 0 Å². The van der Waals surface area contributed by atoms with E-state index in [1.165, 1.54) is 5.56 Å². The Labute approximate surface area is 350 Å². The fourth-order valence-corrected chi connectivity index (χ4v) is 7.36. The normalized spacial score (nSPS) is 12.9. The van der Waals surface area contributed by atoms with Crippen LogP contribution < -0.4 is 14.5 Å². The van der Waals surface area contributed by atoms with Crippen molar-refractivity contribution < 1.29 is 25.8 Å². The summed E-state index contributed by atoms with van der Waals surface area (Å²) in [6, 6.07) is 51.8. The van der Waals surface area contributed by atoms with Crippen LogP contribution in [0.15, 0.2) is 140 Å². The van der Waals surface area contributed by atoms with Gasteiger partial charge in [-0.15, -0.1) is 47.0 Å². The maximum absolute atomic E-state index is 6.76. The molecular formula is C50H44N5OPt-3. The van der Waals surface area contributed by atoms with Crippen LogP contribution in [0.5, 0.6) is 11.5 Å². The fraction of sp³-hybridized carbons (Fsp3) is 0.180. The first kappa shape index (κ1) is 38.2. The maximum atomic E-state index is 6.76. The van der Waals surface area contributed by atoms with E-state index in [4.69, 9.17) is 14.7 Å². The Morgan fingerprint density at radius 1 is 0.614 bits per heavy atom. The smallest absolute Gasteiger partial charge is 0.232 e. The molecule has 6 nitrogen and oxygen atoms in total. The third-order valence-corrected chi connectivity index (χ3v) is 10.5. The van der Waals surface area contributed by atoms with Gasteiger partial charge in [-0.25, -0.2) is 9.97 Å². The molecule has 0 spiro atoms. The SMILES string of the molecule is CC(C)(C)c1cnc(-n2c3[c-]c(Oc4[c-]c(N5[CH-]N(Cc6ccccc6)c6ccccc65)cc(C(C)(C)C)c4)ccc3c3cc(-c4ccccc4)ccc32)nc1.[Pt]. The van der Waals surface area contributed by atoms with Crippen molar-refractivity contribution in [1.82, 2.24) is 14.5 Å². The summed E-state index contributed by atoms with van der Waals surface area (Å²) >= 11 is 0. The molecule has 0 N–H and O–H groups in total. The van der Waals surface area contributed by atoms with E-state index in [2.05, 4.69) is 190 Å². The quantitative estimate of drug-likeness (QED) is 0.149. The molecule has 1 aliphatic heterocycles. The van der Waals surface area contributed by atoms with Crippen LogP contribution in [-0.4, -0.2) is 14.5 Å². The molecule has 9 rings (SSSR count). The predicted octanol–water partition coefficient (Wildman–Crippen LogP) is 12.5. The van der Waals surface area contributed by atoms with Crippen LogP contribution in [0.4, 0.5) is 17.1 Å². The second kappa shape index (κ2) is 15.0. The average Bonchev–Trinajstić information content (AvgIpc) is 3.73. The molecule has 0 fully saturated rings. The van der Waals surface area contributed by atoms with Gasteiger partial charge in [-0.2, -0.15) is 12.7 Å². The van der Waals surface area contributed by atoms with Crippen molar-refractivity contribution >= 4 is 38.9 Å². The summed E-state index contributed by atoms with van der Waals surface area (Å²) in [7, 11) is 0. The first-order valence-corrected chi connectivity index (χ1v) is 19.2. The number of rotatable bonds is 7. The standard InChI is InChI=1S/C50H44N5O.Pt/c1-49(2,3)37-26-39(54-33-53(32-34-15-9-7-10-16-34)45-19-13-14-20-46(45)54)28-41(27-37)56-40-22-23-42-43-25-36(35-17-11-8-12-18-35)21-24-44(43)55(47(42)29-40)48-51-30-38(31-52-48)50(4,5)6;/h7-27,30-31,33H,32H2,1-6H3;/q-3;. The first-order chi connectivity index (χ1) is 27.0. The van der Waals surface area contributed by atoms with Crippen LogP contribution in [0, 0.1) is 18.8 Å². The van der Waals surface area contributed by atoms with Crippen molar-refractivity contribution in [2.75, 3.05) is 9.80 Å². The minimum atomic E-state index is -0.141. The third-order valence-electron chi connectivity index (χ3n) is 10.5. The second-order valence-electron chi connectivity index (χ2n) is 16.6. The molecule has 288 valence electrons. The summed E-state index contributed by atoms with van der Waals surface area (Å²) in [5.41, 5.74) is 10.6. The van der Waals surface area contributed by atoms with Gasteiger partial charge in [0.1, 0.15) is 0 Å². The molecule has 3 heterocycles. The van der Waals surface area contributed by atoms with Crippen molar-refractivity contribution in [3.05, 3.63) is 175 Å². The van der Waals surface area contributed by atoms with E-state index in [1.807, 2.05) is 24.5 Å². The van der Waals surface area contributed by atoms with Crippen LogP contribution in [0.3, 0.4) is 0 Å². The summed E-state index contributed by atoms with van der Waals surface area (Å²) in [5, 5.41) is 2.14. The van der Waals surface area contributed by atoms with Gasteiger partial charge in [0.05, 0.1) is 0 Å². The van der Waals surface area contributed by atoms with Crippen molar-refractivity contribution in [2.24, 2.45) is 0 Å². The molecule has 0 atom stereocenters. The van der Waals surface area contributed by atoms with Crippen molar-refractivity contribution in [3.8, 4) is 28.6 Å². The molecule has 8 aromatic rings. The topological polar surface area (TPSA) is 46.4 Å². The van der Waals surface area contributed by atoms with Gasteiger partial charge in [0, 0.05) is 68.4 Å². The van der Waals surface area contributed by atoms with Crippen molar-refractivity contribution in [1.29, 1.82) is 0 Å². The van der Waals surface area contributed by atoms with Gasteiger partial charge in [-0.3, -0.25) is 0 Å². The number of aromatic nitrogens is 3. The second-order valence-corrected chi connectivity index (χ2v) is 16.6. The molecule has 0 radical (unpaired) electrons. The Hall–Kier alpha value is -5.71. The van der Waals surface area contributed by atoms with E-state index in [9.17, 15) is 0 Å². The van der Waals surface area contributed by atoms with E-state index < -0.39 is 0 Å². The number of ether oxygens (including phenoxy) is 1. The van der Waals surface area contributed by atoms with Gasteiger partial charge in [0.25, 0.3) is 0 Å². The van der Waals surface area contributed by atoms with Gasteiger partial charge in [-0.1, -0.05) is 132 Å². The van der Waals surface area contributed by atoms with E-state index in [-0.39, 0.29) is 31.9 Å². The number of fused-ring (bicyclic) bond motifs is 4. The Bertz CT molecular complexity index is 2690. The Balaban J connectivity index is 0.00000455. The minimum Gasteiger partial charge on any atom is -0.509 e. The molecular weight excluding hydrogens is 882 g/mol. The summed E-state index contributed by atoms with van der Waals surface area (Å²) < 4.78 is 8.85. The zero-order chi connectivity index (χ0) is 38.6. The van der Waals surface area contributed by atoms with Gasteiger partial charge in [0.2, 0.25) is 5.95 Å². The summed E-state index contributed by atoms with van der Waals surface area (Å²) in [4.78, 5) is 14.3. The van der Waals surface area contributed by atoms with Gasteiger partial charge in [0.15, 0.2) is 0 Å². The maximum Gasteiger partial charge on any atom is 0.232 e. The molecule has 2 aromatic heterocycles. The number of hydrogen-bond donors (Lipinski definition) is 0. The van der Waals surface area contributed by atoms with Crippen LogP contribution in [-0.2, 0) is 38.4 Å². The van der Waals surface area contributed by atoms with E-state index in [0.717, 1.165) is 67.7 Å². The van der Waals surface area contributed by atoms with Crippen molar-refractivity contribution in [3.63, 3.8) is 0 Å². The van der Waals surface area contributed by atoms with Gasteiger partial charge in [-0.05, 0) is 56.7 Å². The Kier molecular flexibility index (Phi) is 10.0. The van der Waals surface area contributed by atoms with E-state index in [0.29, 0.717) is 17.4 Å². The monoisotopic (exact) mass is 925 g/mol. The zero-order valence-corrected chi connectivity index (χ0v) is 35.3. The number of anilines is 3. The molecule has 7 heteroatoms. The molecule has 0 saturated heterocycles. The Morgan fingerprint density at radius 2 is 1.28 bits per heavy atom. The van der Waals surface area contributed by atoms with Gasteiger partial charge >= 0.3 is 0 Å². The van der Waals surface area contributed by atoms with Crippen molar-refractivity contribution in [2.45, 2.75) is 58.9 Å². The molecule has 6 aromatic carbocycles. The number of benzene rings is 6. The van der Waals surface area contributed by atoms with Gasteiger partial charge < -0.3 is 19.1 Å². The molecule has 0 unspecified atom stereocenters. The average molecular weight is 926 g/mol. The van der Waals surface area contributed by atoms with Crippen LogP contribution in [0.1, 0.15) is 58.2 Å². The zero-order valence-electron chi connectivity index (χ0n) is 33.0. The molecule has 0 saturated carbocycles. The molecule has 1 aliphatic rings. The molecule has 0 amide bonds. The largest absolute Gasteiger partial charge is 0.509 e. The van der Waals surface area contributed by atoms with Crippen LogP contribution in [0.25, 0.3) is 38.9 Å². The Morgan fingerprint density at radius 3 is 1.98 bits per heavy atom. The molecule has 0 aliphatic carbocycles. The number of para-hydroxylation sites is 2. The third kappa shape index (κ3) is 7.47. The minimum absolute atomic E-state index is 0. The molecule has 0 bridgehead atoms.